The predicted molar refractivity (Wildman–Crippen MR) is 77.6 cm³/mol. The van der Waals surface area contributed by atoms with Gasteiger partial charge in [0.05, 0.1) is 10.2 Å². The molecule has 0 spiro atoms. The average molecular weight is 306 g/mol. The van der Waals surface area contributed by atoms with Gasteiger partial charge in [-0.3, -0.25) is 4.99 Å². The van der Waals surface area contributed by atoms with Crippen LogP contribution < -0.4 is 5.46 Å². The topological polar surface area (TPSA) is 32.6 Å². The standard InChI is InChI=1S/C13H10BBrFNO/c14-9-5-8(13(18)10(15)6-9)7-17-12-4-2-1-3-11(12)16/h1-7,18H,14H2/b17-7+. The van der Waals surface area contributed by atoms with Gasteiger partial charge in [-0.1, -0.05) is 29.7 Å². The summed E-state index contributed by atoms with van der Waals surface area (Å²) < 4.78 is 14.0. The molecule has 0 amide bonds. The summed E-state index contributed by atoms with van der Waals surface area (Å²) in [6.45, 7) is 0. The van der Waals surface area contributed by atoms with Crippen molar-refractivity contribution in [1.29, 1.82) is 0 Å². The number of aromatic hydroxyl groups is 1. The van der Waals surface area contributed by atoms with Gasteiger partial charge in [0, 0.05) is 11.8 Å². The minimum Gasteiger partial charge on any atom is -0.506 e. The van der Waals surface area contributed by atoms with Gasteiger partial charge in [-0.15, -0.1) is 0 Å². The zero-order valence-electron chi connectivity index (χ0n) is 9.69. The highest BCUT2D eigenvalue weighted by Crippen LogP contribution is 2.26. The number of benzene rings is 2. The summed E-state index contributed by atoms with van der Waals surface area (Å²) in [5.41, 5.74) is 1.77. The van der Waals surface area contributed by atoms with Crippen molar-refractivity contribution in [2.24, 2.45) is 4.99 Å². The summed E-state index contributed by atoms with van der Waals surface area (Å²) in [6.07, 6.45) is 1.45. The van der Waals surface area contributed by atoms with E-state index in [0.29, 0.717) is 10.0 Å². The number of hydrogen-bond donors (Lipinski definition) is 1. The Kier molecular flexibility index (Phi) is 3.82. The van der Waals surface area contributed by atoms with Crippen molar-refractivity contribution in [1.82, 2.24) is 0 Å². The molecule has 1 N–H and O–H groups in total. The lowest BCUT2D eigenvalue weighted by Gasteiger charge is -2.03. The lowest BCUT2D eigenvalue weighted by molar-refractivity contribution is 0.471. The summed E-state index contributed by atoms with van der Waals surface area (Å²) in [5.74, 6) is -0.291. The second-order valence-electron chi connectivity index (χ2n) is 3.89. The Morgan fingerprint density at radius 3 is 2.72 bits per heavy atom. The van der Waals surface area contributed by atoms with Gasteiger partial charge in [-0.25, -0.2) is 4.39 Å². The van der Waals surface area contributed by atoms with Crippen molar-refractivity contribution in [3.05, 3.63) is 52.3 Å². The van der Waals surface area contributed by atoms with Crippen molar-refractivity contribution in [3.8, 4) is 5.75 Å². The van der Waals surface area contributed by atoms with Crippen LogP contribution in [0.2, 0.25) is 0 Å². The van der Waals surface area contributed by atoms with Crippen LogP contribution in [-0.4, -0.2) is 19.2 Å². The van der Waals surface area contributed by atoms with E-state index in [4.69, 9.17) is 0 Å². The van der Waals surface area contributed by atoms with E-state index < -0.39 is 0 Å². The van der Waals surface area contributed by atoms with E-state index in [1.54, 1.807) is 30.3 Å². The molecule has 2 nitrogen and oxygen atoms in total. The molecule has 0 atom stereocenters. The monoisotopic (exact) mass is 305 g/mol. The number of hydrogen-bond acceptors (Lipinski definition) is 2. The summed E-state index contributed by atoms with van der Waals surface area (Å²) in [4.78, 5) is 4.04. The van der Waals surface area contributed by atoms with Gasteiger partial charge in [0.2, 0.25) is 0 Å². The van der Waals surface area contributed by atoms with Crippen LogP contribution in [-0.2, 0) is 0 Å². The normalized spacial score (nSPS) is 11.0. The van der Waals surface area contributed by atoms with Crippen molar-refractivity contribution in [2.45, 2.75) is 0 Å². The predicted octanol–water partition coefficient (Wildman–Crippen LogP) is 2.30. The number of halogens is 2. The molecular formula is C13H10BBrFNO. The fourth-order valence-electron chi connectivity index (χ4n) is 1.56. The molecule has 0 saturated carbocycles. The molecule has 0 saturated heterocycles. The Labute approximate surface area is 114 Å². The van der Waals surface area contributed by atoms with Crippen molar-refractivity contribution in [2.75, 3.05) is 0 Å². The highest BCUT2D eigenvalue weighted by molar-refractivity contribution is 9.10. The lowest BCUT2D eigenvalue weighted by atomic mass is 9.94. The van der Waals surface area contributed by atoms with E-state index in [-0.39, 0.29) is 17.3 Å². The smallest absolute Gasteiger partial charge is 0.148 e. The summed E-state index contributed by atoms with van der Waals surface area (Å²) in [6, 6.07) is 9.82. The third kappa shape index (κ3) is 2.79. The van der Waals surface area contributed by atoms with Crippen LogP contribution in [0, 0.1) is 5.82 Å². The van der Waals surface area contributed by atoms with Gasteiger partial charge in [0.1, 0.15) is 19.4 Å². The summed E-state index contributed by atoms with van der Waals surface area (Å²) >= 11 is 3.25. The van der Waals surface area contributed by atoms with E-state index in [1.165, 1.54) is 12.3 Å². The third-order valence-corrected chi connectivity index (χ3v) is 3.04. The fraction of sp³-hybridized carbons (Fsp3) is 0. The molecule has 0 fully saturated rings. The molecule has 2 aromatic rings. The molecule has 0 radical (unpaired) electrons. The molecule has 5 heteroatoms. The molecule has 90 valence electrons. The minimum atomic E-state index is -0.389. The number of para-hydroxylation sites is 1. The molecule has 18 heavy (non-hydrogen) atoms. The maximum absolute atomic E-state index is 13.4. The Bertz CT molecular complexity index is 616. The van der Waals surface area contributed by atoms with E-state index >= 15 is 0 Å². The number of phenols is 1. The van der Waals surface area contributed by atoms with Gasteiger partial charge in [0.25, 0.3) is 0 Å². The van der Waals surface area contributed by atoms with Gasteiger partial charge < -0.3 is 5.11 Å². The van der Waals surface area contributed by atoms with Gasteiger partial charge in [-0.05, 0) is 28.1 Å². The van der Waals surface area contributed by atoms with Crippen molar-refractivity contribution >= 4 is 41.1 Å². The Hall–Kier alpha value is -1.62. The zero-order valence-corrected chi connectivity index (χ0v) is 11.3. The zero-order chi connectivity index (χ0) is 13.1. The van der Waals surface area contributed by atoms with Crippen LogP contribution in [0.5, 0.6) is 5.75 Å². The van der Waals surface area contributed by atoms with Crippen molar-refractivity contribution in [3.63, 3.8) is 0 Å². The molecule has 0 aliphatic rings. The lowest BCUT2D eigenvalue weighted by Crippen LogP contribution is -2.03. The molecule has 0 aliphatic heterocycles. The maximum atomic E-state index is 13.4. The number of aliphatic imine (C=N–C) groups is 1. The highest BCUT2D eigenvalue weighted by Gasteiger charge is 2.05. The first-order valence-electron chi connectivity index (χ1n) is 5.35. The summed E-state index contributed by atoms with van der Waals surface area (Å²) in [5, 5.41) is 9.84. The largest absolute Gasteiger partial charge is 0.506 e. The van der Waals surface area contributed by atoms with Crippen LogP contribution in [0.3, 0.4) is 0 Å². The molecule has 2 rings (SSSR count). The molecule has 0 heterocycles. The second-order valence-corrected chi connectivity index (χ2v) is 4.75. The van der Waals surface area contributed by atoms with E-state index in [0.717, 1.165) is 5.46 Å². The van der Waals surface area contributed by atoms with Crippen molar-refractivity contribution < 1.29 is 9.50 Å². The molecule has 0 aromatic heterocycles. The highest BCUT2D eigenvalue weighted by atomic mass is 79.9. The van der Waals surface area contributed by atoms with Crippen LogP contribution in [0.1, 0.15) is 5.56 Å². The second kappa shape index (κ2) is 5.35. The Morgan fingerprint density at radius 1 is 1.28 bits per heavy atom. The Morgan fingerprint density at radius 2 is 2.00 bits per heavy atom. The fourth-order valence-corrected chi connectivity index (χ4v) is 2.15. The number of rotatable bonds is 2. The first-order chi connectivity index (χ1) is 8.58. The molecule has 0 bridgehead atoms. The molecule has 0 unspecified atom stereocenters. The minimum absolute atomic E-state index is 0.0979. The quantitative estimate of drug-likeness (QED) is 0.670. The number of phenolic OH excluding ortho intramolecular Hbond substituents is 1. The van der Waals surface area contributed by atoms with Gasteiger partial charge in [0.15, 0.2) is 0 Å². The molecule has 0 aliphatic carbocycles. The van der Waals surface area contributed by atoms with E-state index in [1.807, 2.05) is 7.85 Å². The maximum Gasteiger partial charge on any atom is 0.148 e. The Balaban J connectivity index is 2.38. The summed E-state index contributed by atoms with van der Waals surface area (Å²) in [7, 11) is 1.91. The third-order valence-electron chi connectivity index (χ3n) is 2.43. The van der Waals surface area contributed by atoms with Crippen LogP contribution in [0.15, 0.2) is 45.9 Å². The van der Waals surface area contributed by atoms with Gasteiger partial charge in [-0.2, -0.15) is 0 Å². The first kappa shape index (κ1) is 12.8. The van der Waals surface area contributed by atoms with Crippen LogP contribution in [0.25, 0.3) is 0 Å². The SMILES string of the molecule is Bc1cc(Br)c(O)c(/C=N/c2ccccc2F)c1. The number of nitrogens with zero attached hydrogens (tertiary/aromatic N) is 1. The van der Waals surface area contributed by atoms with Crippen LogP contribution in [0.4, 0.5) is 10.1 Å². The first-order valence-corrected chi connectivity index (χ1v) is 6.15. The molecular weight excluding hydrogens is 296 g/mol. The average Bonchev–Trinajstić information content (AvgIpc) is 2.33. The van der Waals surface area contributed by atoms with E-state index in [2.05, 4.69) is 20.9 Å². The van der Waals surface area contributed by atoms with E-state index in [9.17, 15) is 9.50 Å². The molecule has 2 aromatic carbocycles. The van der Waals surface area contributed by atoms with Gasteiger partial charge >= 0.3 is 0 Å². The van der Waals surface area contributed by atoms with Crippen LogP contribution >= 0.6 is 15.9 Å².